The lowest BCUT2D eigenvalue weighted by molar-refractivity contribution is -0.117. The monoisotopic (exact) mass is 591 g/mol. The van der Waals surface area contributed by atoms with Crippen molar-refractivity contribution in [2.75, 3.05) is 11.1 Å². The van der Waals surface area contributed by atoms with E-state index in [1.54, 1.807) is 30.3 Å². The molecule has 2 atom stereocenters. The Morgan fingerprint density at radius 3 is 2.41 bits per heavy atom. The van der Waals surface area contributed by atoms with Crippen molar-refractivity contribution in [2.45, 2.75) is 10.3 Å². The minimum atomic E-state index is -1.37. The molecule has 1 aromatic heterocycles. The second-order valence-corrected chi connectivity index (χ2v) is 11.2. The zero-order valence-electron chi connectivity index (χ0n) is 18.5. The molecule has 7 nitrogen and oxygen atoms in total. The Balaban J connectivity index is 1.43. The van der Waals surface area contributed by atoms with Crippen molar-refractivity contribution < 1.29 is 9.59 Å². The number of carbonyl (C=O) groups excluding carboxylic acids is 2. The molecule has 0 spiro atoms. The zero-order chi connectivity index (χ0) is 26.6. The second-order valence-electron chi connectivity index (χ2n) is 8.46. The number of aromatic nitrogens is 2. The number of anilines is 2. The van der Waals surface area contributed by atoms with E-state index in [2.05, 4.69) is 10.4 Å². The molecule has 5 rings (SSSR count). The number of nitrogens with zero attached hydrogens (tertiary/aromatic N) is 3. The van der Waals surface area contributed by atoms with Crippen molar-refractivity contribution in [1.82, 2.24) is 9.78 Å². The van der Waals surface area contributed by atoms with Crippen LogP contribution in [0, 0.1) is 17.2 Å². The van der Waals surface area contributed by atoms with Gasteiger partial charge < -0.3 is 11.1 Å². The number of hydrogen-bond acceptors (Lipinski definition) is 5. The Kier molecular flexibility index (Phi) is 6.51. The van der Waals surface area contributed by atoms with Gasteiger partial charge in [0.1, 0.15) is 4.33 Å². The Morgan fingerprint density at radius 1 is 1.03 bits per heavy atom. The first-order valence-electron chi connectivity index (χ1n) is 10.7. The first-order valence-corrected chi connectivity index (χ1v) is 12.6. The molecule has 1 fully saturated rings. The Labute approximate surface area is 235 Å². The predicted octanol–water partition coefficient (Wildman–Crippen LogP) is 6.66. The molecule has 0 bridgehead atoms. The number of nitriles is 1. The fraction of sp³-hybridized carbons (Fsp3) is 0.120. The molecule has 1 saturated carbocycles. The van der Waals surface area contributed by atoms with Crippen LogP contribution >= 0.6 is 58.0 Å². The summed E-state index contributed by atoms with van der Waals surface area (Å²) < 4.78 is -0.298. The van der Waals surface area contributed by atoms with Crippen molar-refractivity contribution in [3.8, 4) is 6.07 Å². The van der Waals surface area contributed by atoms with E-state index >= 15 is 0 Å². The Morgan fingerprint density at radius 2 is 1.73 bits per heavy atom. The average Bonchev–Trinajstić information content (AvgIpc) is 3.28. The second kappa shape index (κ2) is 9.39. The fourth-order valence-corrected chi connectivity index (χ4v) is 5.86. The van der Waals surface area contributed by atoms with Crippen LogP contribution in [-0.4, -0.2) is 25.9 Å². The van der Waals surface area contributed by atoms with Crippen molar-refractivity contribution in [2.24, 2.45) is 5.92 Å². The highest BCUT2D eigenvalue weighted by Crippen LogP contribution is 2.65. The number of halogens is 5. The van der Waals surface area contributed by atoms with Crippen LogP contribution in [0.2, 0.25) is 15.1 Å². The number of hydrogen-bond donors (Lipinski definition) is 2. The molecule has 1 aliphatic carbocycles. The maximum atomic E-state index is 13.4. The number of fused-ring (bicyclic) bond motifs is 1. The molecule has 186 valence electrons. The van der Waals surface area contributed by atoms with E-state index in [4.69, 9.17) is 63.7 Å². The highest BCUT2D eigenvalue weighted by molar-refractivity contribution is 6.53. The molecule has 0 unspecified atom stereocenters. The molecule has 0 saturated heterocycles. The van der Waals surface area contributed by atoms with E-state index in [9.17, 15) is 14.9 Å². The third-order valence-corrected chi connectivity index (χ3v) is 7.78. The van der Waals surface area contributed by atoms with Crippen LogP contribution in [0.1, 0.15) is 27.4 Å². The maximum Gasteiger partial charge on any atom is 0.280 e. The quantitative estimate of drug-likeness (QED) is 0.257. The molecular formula is C25H14Cl5N5O2. The standard InChI is InChI=1S/C25H14Cl5N5O2/c26-13-6-12(7-14(27)8-13)20-21(25(20,29)30)23(36)33-15-2-4-18(28)17(9-15)24(37)35-19-5-11(10-31)1-3-16(19)22(32)34-35/h1-9,20-21H,(H2,32,34)(H,33,36)/t20-,21+/m0/s1. The third kappa shape index (κ3) is 4.61. The number of benzene rings is 3. The van der Waals surface area contributed by atoms with Crippen LogP contribution in [-0.2, 0) is 4.79 Å². The van der Waals surface area contributed by atoms with Gasteiger partial charge >= 0.3 is 0 Å². The summed E-state index contributed by atoms with van der Waals surface area (Å²) in [6.45, 7) is 0. The van der Waals surface area contributed by atoms with E-state index < -0.39 is 28.0 Å². The molecule has 1 amide bonds. The molecule has 12 heteroatoms. The molecule has 1 heterocycles. The number of carbonyl (C=O) groups is 2. The van der Waals surface area contributed by atoms with E-state index in [0.717, 1.165) is 4.68 Å². The zero-order valence-corrected chi connectivity index (χ0v) is 22.3. The molecule has 0 aliphatic heterocycles. The number of alkyl halides is 2. The van der Waals surface area contributed by atoms with Gasteiger partial charge in [0.05, 0.1) is 33.7 Å². The van der Waals surface area contributed by atoms with Crippen molar-refractivity contribution in [3.05, 3.63) is 86.4 Å². The summed E-state index contributed by atoms with van der Waals surface area (Å²) in [5.74, 6) is -2.26. The summed E-state index contributed by atoms with van der Waals surface area (Å²) in [5, 5.41) is 17.5. The molecule has 1 aliphatic rings. The smallest absolute Gasteiger partial charge is 0.280 e. The Hall–Kier alpha value is -2.99. The number of nitrogens with one attached hydrogen (secondary N) is 1. The van der Waals surface area contributed by atoms with Gasteiger partial charge in [-0.1, -0.05) is 34.8 Å². The van der Waals surface area contributed by atoms with E-state index in [0.29, 0.717) is 37.8 Å². The van der Waals surface area contributed by atoms with Crippen molar-refractivity contribution in [1.29, 1.82) is 5.26 Å². The van der Waals surface area contributed by atoms with Gasteiger partial charge in [0.2, 0.25) is 5.91 Å². The van der Waals surface area contributed by atoms with Gasteiger partial charge in [-0.2, -0.15) is 9.94 Å². The van der Waals surface area contributed by atoms with Crippen LogP contribution < -0.4 is 11.1 Å². The van der Waals surface area contributed by atoms with E-state index in [1.807, 2.05) is 6.07 Å². The number of nitrogen functional groups attached to an aromatic ring is 1. The molecule has 4 aromatic rings. The minimum Gasteiger partial charge on any atom is -0.382 e. The predicted molar refractivity (Wildman–Crippen MR) is 146 cm³/mol. The first kappa shape index (κ1) is 25.7. The largest absolute Gasteiger partial charge is 0.382 e. The van der Waals surface area contributed by atoms with Gasteiger partial charge in [-0.25, -0.2) is 0 Å². The van der Waals surface area contributed by atoms with Crippen LogP contribution in [0.15, 0.2) is 54.6 Å². The van der Waals surface area contributed by atoms with Crippen LogP contribution in [0.25, 0.3) is 10.9 Å². The Bertz CT molecular complexity index is 1640. The number of rotatable bonds is 4. The van der Waals surface area contributed by atoms with E-state index in [-0.39, 0.29) is 16.4 Å². The topological polar surface area (TPSA) is 114 Å². The normalized spacial score (nSPS) is 17.8. The van der Waals surface area contributed by atoms with Gasteiger partial charge in [-0.3, -0.25) is 9.59 Å². The first-order chi connectivity index (χ1) is 17.5. The minimum absolute atomic E-state index is 0.0585. The van der Waals surface area contributed by atoms with Gasteiger partial charge in [-0.15, -0.1) is 28.3 Å². The van der Waals surface area contributed by atoms with Gasteiger partial charge in [0, 0.05) is 27.0 Å². The van der Waals surface area contributed by atoms with Crippen LogP contribution in [0.4, 0.5) is 11.5 Å². The third-order valence-electron chi connectivity index (χ3n) is 6.08. The molecule has 3 N–H and O–H groups in total. The summed E-state index contributed by atoms with van der Waals surface area (Å²) in [6.07, 6.45) is 0. The summed E-state index contributed by atoms with van der Waals surface area (Å²) in [7, 11) is 0. The van der Waals surface area contributed by atoms with Crippen molar-refractivity contribution in [3.63, 3.8) is 0 Å². The SMILES string of the molecule is N#Cc1ccc2c(N)nn(C(=O)c3cc(NC(=O)[C@H]4[C@H](c5cc(Cl)cc(Cl)c5)C4(Cl)Cl)ccc3Cl)c2c1. The highest BCUT2D eigenvalue weighted by atomic mass is 35.5. The van der Waals surface area contributed by atoms with Gasteiger partial charge in [0.15, 0.2) is 5.82 Å². The fourth-order valence-electron chi connectivity index (χ4n) is 4.29. The van der Waals surface area contributed by atoms with Gasteiger partial charge in [0.25, 0.3) is 5.91 Å². The van der Waals surface area contributed by atoms with Crippen molar-refractivity contribution >= 4 is 92.2 Å². The summed E-state index contributed by atoms with van der Waals surface area (Å²) >= 11 is 31.4. The maximum absolute atomic E-state index is 13.4. The number of amides is 1. The molecule has 3 aromatic carbocycles. The lowest BCUT2D eigenvalue weighted by Gasteiger charge is -2.10. The van der Waals surface area contributed by atoms with Gasteiger partial charge in [-0.05, 0) is 60.2 Å². The summed E-state index contributed by atoms with van der Waals surface area (Å²) in [6, 6.07) is 16.0. The van der Waals surface area contributed by atoms with Crippen LogP contribution in [0.5, 0.6) is 0 Å². The molecule has 37 heavy (non-hydrogen) atoms. The van der Waals surface area contributed by atoms with Crippen LogP contribution in [0.3, 0.4) is 0 Å². The highest BCUT2D eigenvalue weighted by Gasteiger charge is 2.67. The summed E-state index contributed by atoms with van der Waals surface area (Å²) in [4.78, 5) is 26.5. The van der Waals surface area contributed by atoms with E-state index in [1.165, 1.54) is 24.3 Å². The average molecular weight is 594 g/mol. The lowest BCUT2D eigenvalue weighted by Crippen LogP contribution is -2.18. The number of nitrogens with two attached hydrogens (primary N) is 1. The lowest BCUT2D eigenvalue weighted by atomic mass is 10.1. The molecular weight excluding hydrogens is 580 g/mol. The summed E-state index contributed by atoms with van der Waals surface area (Å²) in [5.41, 5.74) is 7.63. The molecule has 0 radical (unpaired) electrons.